The van der Waals surface area contributed by atoms with Crippen molar-refractivity contribution in [2.75, 3.05) is 14.2 Å². The zero-order chi connectivity index (χ0) is 67.0. The molecule has 0 radical (unpaired) electrons. The van der Waals surface area contributed by atoms with Crippen molar-refractivity contribution in [2.24, 2.45) is 0 Å². The molecule has 0 atom stereocenters. The van der Waals surface area contributed by atoms with E-state index < -0.39 is 0 Å². The molecule has 0 spiro atoms. The highest BCUT2D eigenvalue weighted by Gasteiger charge is 2.15. The lowest BCUT2D eigenvalue weighted by Crippen LogP contribution is -2.48. The third-order valence-electron chi connectivity index (χ3n) is 12.2. The van der Waals surface area contributed by atoms with E-state index in [-0.39, 0.29) is 67.7 Å². The topological polar surface area (TPSA) is 299 Å². The molecule has 0 saturated carbocycles. The number of benzene rings is 8. The molecule has 26 heteroatoms. The predicted molar refractivity (Wildman–Crippen MR) is 366 cm³/mol. The summed E-state index contributed by atoms with van der Waals surface area (Å²) in [6, 6.07) is 58.9. The van der Waals surface area contributed by atoms with Crippen LogP contribution in [0.5, 0.6) is 11.5 Å². The lowest BCUT2D eigenvalue weighted by atomic mass is 10.1. The second-order valence-electron chi connectivity index (χ2n) is 19.0. The van der Waals surface area contributed by atoms with E-state index in [9.17, 15) is 38.4 Å². The molecule has 0 aliphatic rings. The Morgan fingerprint density at radius 3 is 0.761 bits per heavy atom. The molecule has 0 aliphatic heterocycles. The number of hydrogen-bond acceptors (Lipinski definition) is 14. The van der Waals surface area contributed by atoms with Gasteiger partial charge in [-0.05, 0) is 197 Å². The smallest absolute Gasteiger partial charge is 0.269 e. The van der Waals surface area contributed by atoms with Crippen molar-refractivity contribution < 1.29 is 47.8 Å². The molecule has 0 saturated heterocycles. The monoisotopic (exact) mass is 1310 g/mol. The molecule has 8 amide bonds. The van der Waals surface area contributed by atoms with E-state index in [1.807, 2.05) is 88.4 Å². The molecule has 472 valence electrons. The molecule has 8 rings (SSSR count). The van der Waals surface area contributed by atoms with E-state index in [4.69, 9.17) is 58.3 Å². The second kappa shape index (κ2) is 37.5. The zero-order valence-electron chi connectivity index (χ0n) is 50.3. The molecular weight excluding hydrogens is 1250 g/mol. The Labute approximate surface area is 552 Å². The number of methoxy groups -OCH3 is 2. The Kier molecular flexibility index (Phi) is 29.1. The van der Waals surface area contributed by atoms with Crippen LogP contribution in [0.25, 0.3) is 0 Å². The van der Waals surface area contributed by atoms with Crippen LogP contribution in [0.1, 0.15) is 105 Å². The maximum Gasteiger partial charge on any atom is 0.269 e. The average Bonchev–Trinajstić information content (AvgIpc) is 3.61. The number of hydrazine groups is 4. The van der Waals surface area contributed by atoms with Crippen molar-refractivity contribution >= 4 is 117 Å². The number of carbonyl (C=O) groups is 8. The summed E-state index contributed by atoms with van der Waals surface area (Å²) < 4.78 is 10.1. The Morgan fingerprint density at radius 1 is 0.261 bits per heavy atom. The lowest BCUT2D eigenvalue weighted by molar-refractivity contribution is 0.0931. The quantitative estimate of drug-likeness (QED) is 0.0459. The van der Waals surface area contributed by atoms with Crippen molar-refractivity contribution in [3.8, 4) is 11.5 Å². The first-order chi connectivity index (χ1) is 44.1. The molecule has 12 N–H and O–H groups in total. The minimum Gasteiger partial charge on any atom is -0.497 e. The van der Waals surface area contributed by atoms with Gasteiger partial charge in [-0.15, -0.1) is 0 Å². The lowest BCUT2D eigenvalue weighted by Gasteiger charge is -2.12. The van der Waals surface area contributed by atoms with E-state index in [0.29, 0.717) is 56.0 Å². The first kappa shape index (κ1) is 71.4. The summed E-state index contributed by atoms with van der Waals surface area (Å²) in [5, 5.41) is 9.96. The van der Waals surface area contributed by atoms with Crippen LogP contribution in [0, 0.1) is 27.7 Å². The van der Waals surface area contributed by atoms with Gasteiger partial charge in [-0.2, -0.15) is 0 Å². The van der Waals surface area contributed by atoms with Crippen LogP contribution >= 0.6 is 48.9 Å². The van der Waals surface area contributed by atoms with Gasteiger partial charge in [0.15, 0.2) is 20.4 Å². The van der Waals surface area contributed by atoms with Gasteiger partial charge >= 0.3 is 0 Å². The van der Waals surface area contributed by atoms with E-state index in [1.165, 1.54) is 0 Å². The first-order valence-corrected chi connectivity index (χ1v) is 29.1. The highest BCUT2D eigenvalue weighted by Crippen LogP contribution is 2.13. The van der Waals surface area contributed by atoms with Crippen molar-refractivity contribution in [1.29, 1.82) is 0 Å². The highest BCUT2D eigenvalue weighted by molar-refractivity contribution is 7.80. The third kappa shape index (κ3) is 24.7. The van der Waals surface area contributed by atoms with Gasteiger partial charge in [0.25, 0.3) is 47.3 Å². The Hall–Kier alpha value is -11.3. The summed E-state index contributed by atoms with van der Waals surface area (Å²) in [5.41, 5.74) is 27.4. The van der Waals surface area contributed by atoms with Gasteiger partial charge in [0.05, 0.1) is 14.2 Å². The van der Waals surface area contributed by atoms with Crippen LogP contribution in [0.15, 0.2) is 206 Å². The number of rotatable bonds is 10. The van der Waals surface area contributed by atoms with Gasteiger partial charge in [0, 0.05) is 44.5 Å². The van der Waals surface area contributed by atoms with Gasteiger partial charge in [0.1, 0.15) is 11.5 Å². The molecule has 0 aromatic heterocycles. The van der Waals surface area contributed by atoms with Gasteiger partial charge < -0.3 is 9.47 Å². The van der Waals surface area contributed by atoms with Crippen LogP contribution in [0.3, 0.4) is 0 Å². The molecule has 0 unspecified atom stereocenters. The Morgan fingerprint density at radius 2 is 0.489 bits per heavy atom. The fourth-order valence-corrected chi connectivity index (χ4v) is 7.86. The Bertz CT molecular complexity index is 3900. The summed E-state index contributed by atoms with van der Waals surface area (Å²) in [6.45, 7) is 7.54. The summed E-state index contributed by atoms with van der Waals surface area (Å²) >= 11 is 19.9. The molecule has 92 heavy (non-hydrogen) atoms. The number of aryl methyl sites for hydroxylation is 4. The number of carbonyl (C=O) groups excluding carboxylic acids is 8. The molecule has 0 fully saturated rings. The third-order valence-corrected chi connectivity index (χ3v) is 13.1. The van der Waals surface area contributed by atoms with Crippen molar-refractivity contribution in [1.82, 2.24) is 64.7 Å². The van der Waals surface area contributed by atoms with Crippen LogP contribution in [0.4, 0.5) is 0 Å². The fraction of sp³-hybridized carbons (Fsp3) is 0.0909. The minimum atomic E-state index is -0.389. The number of nitrogens with one attached hydrogen (secondary N) is 12. The van der Waals surface area contributed by atoms with Crippen LogP contribution in [-0.2, 0) is 0 Å². The maximum atomic E-state index is 12.0. The molecule has 0 heterocycles. The molecular formula is C66H64N12O10S4. The zero-order valence-corrected chi connectivity index (χ0v) is 53.6. The SMILES string of the molecule is COc1ccc(C(=O)NC(=S)NNC(=O)c2ccc(C)cc2)cc1.COc1ccc(C(=O)NC(=S)NNC(=O)c2ccccc2C)cc1.Cc1ccc(C(=O)NNC(=S)NC(=O)c2ccccc2)cc1.Cc1ccccc1C(=O)NNC(=S)NC(=O)c1ccccc1. The van der Waals surface area contributed by atoms with Gasteiger partial charge in [-0.25, -0.2) is 0 Å². The normalized spacial score (nSPS) is 9.72. The maximum absolute atomic E-state index is 12.0. The summed E-state index contributed by atoms with van der Waals surface area (Å²) in [4.78, 5) is 95.6. The summed E-state index contributed by atoms with van der Waals surface area (Å²) in [5.74, 6) is -1.52. The Balaban J connectivity index is 0.000000223. The number of thiocarbonyl (C=S) groups is 4. The van der Waals surface area contributed by atoms with Crippen LogP contribution in [-0.4, -0.2) is 81.9 Å². The van der Waals surface area contributed by atoms with E-state index in [0.717, 1.165) is 22.3 Å². The molecule has 22 nitrogen and oxygen atoms in total. The van der Waals surface area contributed by atoms with E-state index in [1.54, 1.807) is 160 Å². The van der Waals surface area contributed by atoms with E-state index in [2.05, 4.69) is 64.7 Å². The van der Waals surface area contributed by atoms with Crippen molar-refractivity contribution in [3.63, 3.8) is 0 Å². The standard InChI is InChI=1S/2C17H17N3O3S.2C16H15N3O2S/c1-11-3-5-13(6-4-11)16(22)19-20-17(24)18-15(21)12-7-9-14(23-2)10-8-12;1-11-5-3-4-6-14(11)16(22)19-20-17(24)18-15(21)12-7-9-13(23-2)10-8-12;1-11-7-5-6-10-13(11)15(21)18-19-16(22)17-14(20)12-8-3-2-4-9-12;1-11-7-9-13(10-8-11)15(21)18-19-16(22)17-14(20)12-5-3-2-4-6-12/h2*3-10H,1-2H3,(H,19,22)(H2,18,20,21,24);2*2-10H,1H3,(H,18,21)(H2,17,19,20,22). The van der Waals surface area contributed by atoms with Crippen molar-refractivity contribution in [3.05, 3.63) is 273 Å². The number of amides is 8. The summed E-state index contributed by atoms with van der Waals surface area (Å²) in [7, 11) is 3.09. The first-order valence-electron chi connectivity index (χ1n) is 27.4. The second-order valence-corrected chi connectivity index (χ2v) is 20.6. The molecule has 0 aliphatic carbocycles. The minimum absolute atomic E-state index is 0.00208. The fourth-order valence-electron chi connectivity index (χ4n) is 7.29. The molecule has 0 bridgehead atoms. The van der Waals surface area contributed by atoms with Gasteiger partial charge in [0.2, 0.25) is 0 Å². The number of hydrogen-bond donors (Lipinski definition) is 12. The average molecular weight is 1310 g/mol. The van der Waals surface area contributed by atoms with Crippen LogP contribution in [0.2, 0.25) is 0 Å². The summed E-state index contributed by atoms with van der Waals surface area (Å²) in [6.07, 6.45) is 0. The van der Waals surface area contributed by atoms with E-state index >= 15 is 0 Å². The van der Waals surface area contributed by atoms with Gasteiger partial charge in [-0.1, -0.05) is 108 Å². The predicted octanol–water partition coefficient (Wildman–Crippen LogP) is 7.79. The largest absolute Gasteiger partial charge is 0.497 e. The molecule has 8 aromatic carbocycles. The highest BCUT2D eigenvalue weighted by atomic mass is 32.1. The van der Waals surface area contributed by atoms with Gasteiger partial charge in [-0.3, -0.25) is 103 Å². The number of ether oxygens (including phenoxy) is 2. The molecule has 8 aromatic rings. The van der Waals surface area contributed by atoms with Crippen LogP contribution < -0.4 is 74.1 Å². The van der Waals surface area contributed by atoms with Crippen molar-refractivity contribution in [2.45, 2.75) is 27.7 Å².